The van der Waals surface area contributed by atoms with Gasteiger partial charge in [-0.15, -0.1) is 0 Å². The average Bonchev–Trinajstić information content (AvgIpc) is 2.10. The molecule has 0 rings (SSSR count). The highest BCUT2D eigenvalue weighted by Crippen LogP contribution is 2.09. The topological polar surface area (TPSA) is 9.23 Å². The molecule has 0 amide bonds. The molecule has 12 heavy (non-hydrogen) atoms. The third kappa shape index (κ3) is 8.28. The van der Waals surface area contributed by atoms with E-state index in [0.717, 1.165) is 10.5 Å². The minimum Gasteiger partial charge on any atom is -0.425 e. The monoisotopic (exact) mass is 188 g/mol. The molecule has 0 aliphatic rings. The van der Waals surface area contributed by atoms with Gasteiger partial charge in [0.2, 0.25) is 0 Å². The molecule has 0 aliphatic heterocycles. The second-order valence-corrected chi connectivity index (χ2v) is 4.07. The fourth-order valence-electron chi connectivity index (χ4n) is 1.33. The molecule has 0 saturated carbocycles. The van der Waals surface area contributed by atoms with Gasteiger partial charge in [0.05, 0.1) is 0 Å². The van der Waals surface area contributed by atoms with Crippen molar-refractivity contribution in [3.63, 3.8) is 0 Å². The van der Waals surface area contributed by atoms with Gasteiger partial charge in [0, 0.05) is 6.10 Å². The second kappa shape index (κ2) is 9.27. The minimum absolute atomic E-state index is 0.517. The summed E-state index contributed by atoms with van der Waals surface area (Å²) >= 11 is 0. The molecule has 2 heteroatoms. The Bertz CT molecular complexity index is 85.9. The van der Waals surface area contributed by atoms with Crippen molar-refractivity contribution in [2.45, 2.75) is 64.9 Å². The van der Waals surface area contributed by atoms with Crippen LogP contribution in [0.15, 0.2) is 0 Å². The van der Waals surface area contributed by atoms with Crippen LogP contribution in [0.25, 0.3) is 0 Å². The second-order valence-electron chi connectivity index (χ2n) is 3.60. The van der Waals surface area contributed by atoms with Crippen LogP contribution in [0.3, 0.4) is 0 Å². The molecule has 0 aromatic rings. The lowest BCUT2D eigenvalue weighted by Gasteiger charge is -2.08. The first kappa shape index (κ1) is 12.2. The Balaban J connectivity index is 2.90. The lowest BCUT2D eigenvalue weighted by Crippen LogP contribution is -2.04. The Hall–Kier alpha value is 0.177. The zero-order chi connectivity index (χ0) is 9.23. The van der Waals surface area contributed by atoms with Crippen LogP contribution in [0.2, 0.25) is 0 Å². The third-order valence-electron chi connectivity index (χ3n) is 2.37. The molecule has 74 valence electrons. The van der Waals surface area contributed by atoms with Crippen molar-refractivity contribution in [1.29, 1.82) is 0 Å². The fraction of sp³-hybridized carbons (Fsp3) is 1.00. The molecule has 1 atom stereocenters. The molecule has 0 radical (unpaired) electrons. The van der Waals surface area contributed by atoms with Gasteiger partial charge in [-0.2, -0.15) is 0 Å². The molecule has 0 aromatic heterocycles. The highest BCUT2D eigenvalue weighted by atomic mass is 28.2. The van der Waals surface area contributed by atoms with Crippen LogP contribution in [0.4, 0.5) is 0 Å². The summed E-state index contributed by atoms with van der Waals surface area (Å²) in [5.41, 5.74) is 0. The van der Waals surface area contributed by atoms with E-state index in [9.17, 15) is 0 Å². The van der Waals surface area contributed by atoms with Gasteiger partial charge in [0.25, 0.3) is 0 Å². The van der Waals surface area contributed by atoms with Crippen molar-refractivity contribution >= 4 is 10.5 Å². The van der Waals surface area contributed by atoms with Gasteiger partial charge in [-0.05, 0) is 13.3 Å². The number of unbranched alkanes of at least 4 members (excludes halogenated alkanes) is 5. The van der Waals surface area contributed by atoms with Gasteiger partial charge in [-0.3, -0.25) is 0 Å². The molecule has 0 saturated heterocycles. The van der Waals surface area contributed by atoms with Crippen LogP contribution in [0.1, 0.15) is 58.8 Å². The summed E-state index contributed by atoms with van der Waals surface area (Å²) in [7, 11) is 0.893. The van der Waals surface area contributed by atoms with Crippen molar-refractivity contribution in [3.8, 4) is 0 Å². The summed E-state index contributed by atoms with van der Waals surface area (Å²) < 4.78 is 5.32. The van der Waals surface area contributed by atoms with E-state index < -0.39 is 0 Å². The zero-order valence-electron chi connectivity index (χ0n) is 8.94. The van der Waals surface area contributed by atoms with Gasteiger partial charge in [-0.1, -0.05) is 45.4 Å². The Morgan fingerprint density at radius 1 is 1.08 bits per heavy atom. The van der Waals surface area contributed by atoms with Gasteiger partial charge >= 0.3 is 0 Å². The van der Waals surface area contributed by atoms with Crippen molar-refractivity contribution in [2.75, 3.05) is 0 Å². The molecular weight excluding hydrogens is 164 g/mol. The van der Waals surface area contributed by atoms with Crippen molar-refractivity contribution < 1.29 is 4.43 Å². The maximum Gasteiger partial charge on any atom is 0.146 e. The quantitative estimate of drug-likeness (QED) is 0.420. The average molecular weight is 188 g/mol. The first-order valence-corrected chi connectivity index (χ1v) is 6.15. The summed E-state index contributed by atoms with van der Waals surface area (Å²) in [6, 6.07) is 0. The molecular formula is C10H24OSi. The Labute approximate surface area is 80.4 Å². The first-order valence-electron chi connectivity index (χ1n) is 5.34. The summed E-state index contributed by atoms with van der Waals surface area (Å²) in [4.78, 5) is 0. The Morgan fingerprint density at radius 2 is 1.67 bits per heavy atom. The zero-order valence-corrected chi connectivity index (χ0v) is 10.9. The molecule has 0 N–H and O–H groups in total. The van der Waals surface area contributed by atoms with Gasteiger partial charge in [-0.25, -0.2) is 0 Å². The van der Waals surface area contributed by atoms with E-state index in [4.69, 9.17) is 4.43 Å². The van der Waals surface area contributed by atoms with Crippen molar-refractivity contribution in [1.82, 2.24) is 0 Å². The predicted octanol–water partition coefficient (Wildman–Crippen LogP) is 2.42. The van der Waals surface area contributed by atoms with E-state index >= 15 is 0 Å². The van der Waals surface area contributed by atoms with Gasteiger partial charge in [0.15, 0.2) is 0 Å². The van der Waals surface area contributed by atoms with Crippen LogP contribution in [-0.2, 0) is 4.43 Å². The van der Waals surface area contributed by atoms with Crippen LogP contribution in [0.5, 0.6) is 0 Å². The molecule has 1 nitrogen and oxygen atoms in total. The van der Waals surface area contributed by atoms with Crippen molar-refractivity contribution in [2.24, 2.45) is 0 Å². The number of hydrogen-bond acceptors (Lipinski definition) is 1. The van der Waals surface area contributed by atoms with E-state index in [1.165, 1.54) is 44.9 Å². The van der Waals surface area contributed by atoms with Crippen LogP contribution < -0.4 is 0 Å². The van der Waals surface area contributed by atoms with Crippen LogP contribution in [-0.4, -0.2) is 16.6 Å². The molecule has 0 spiro atoms. The maximum atomic E-state index is 5.32. The van der Waals surface area contributed by atoms with E-state index in [0.29, 0.717) is 6.10 Å². The smallest absolute Gasteiger partial charge is 0.146 e. The van der Waals surface area contributed by atoms with E-state index in [1.54, 1.807) is 0 Å². The maximum absolute atomic E-state index is 5.32. The lowest BCUT2D eigenvalue weighted by molar-refractivity contribution is 0.226. The standard InChI is InChI=1S/C10H24OSi/c1-3-4-5-6-7-8-9-10(2)11-12/h10H,3-9H2,1-2,12H3. The number of rotatable bonds is 8. The molecule has 0 aliphatic carbocycles. The summed E-state index contributed by atoms with van der Waals surface area (Å²) in [6.45, 7) is 4.44. The molecule has 0 aromatic carbocycles. The van der Waals surface area contributed by atoms with Crippen LogP contribution in [0, 0.1) is 0 Å². The fourth-order valence-corrected chi connectivity index (χ4v) is 1.57. The summed E-state index contributed by atoms with van der Waals surface area (Å²) in [5.74, 6) is 0. The van der Waals surface area contributed by atoms with Crippen LogP contribution >= 0.6 is 0 Å². The number of hydrogen-bond donors (Lipinski definition) is 0. The van der Waals surface area contributed by atoms with Crippen molar-refractivity contribution in [3.05, 3.63) is 0 Å². The summed E-state index contributed by atoms with van der Waals surface area (Å²) in [5, 5.41) is 0. The summed E-state index contributed by atoms with van der Waals surface area (Å²) in [6.07, 6.45) is 10.1. The van der Waals surface area contributed by atoms with E-state index in [1.807, 2.05) is 0 Å². The first-order chi connectivity index (χ1) is 5.81. The van der Waals surface area contributed by atoms with Gasteiger partial charge < -0.3 is 4.43 Å². The molecule has 1 unspecified atom stereocenters. The lowest BCUT2D eigenvalue weighted by atomic mass is 10.1. The Kier molecular flexibility index (Phi) is 9.40. The van der Waals surface area contributed by atoms with Gasteiger partial charge in [0.1, 0.15) is 10.5 Å². The minimum atomic E-state index is 0.517. The largest absolute Gasteiger partial charge is 0.425 e. The third-order valence-corrected chi connectivity index (χ3v) is 3.17. The molecule has 0 bridgehead atoms. The van der Waals surface area contributed by atoms with E-state index in [2.05, 4.69) is 13.8 Å². The Morgan fingerprint density at radius 3 is 2.25 bits per heavy atom. The molecule has 0 fully saturated rings. The SMILES string of the molecule is CCCCCCCCC(C)O[SiH3]. The normalized spacial score (nSPS) is 13.5. The predicted molar refractivity (Wildman–Crippen MR) is 58.5 cm³/mol. The highest BCUT2D eigenvalue weighted by Gasteiger charge is 1.97. The van der Waals surface area contributed by atoms with E-state index in [-0.39, 0.29) is 0 Å². The molecule has 0 heterocycles. The highest BCUT2D eigenvalue weighted by molar-refractivity contribution is 5.98.